The van der Waals surface area contributed by atoms with Gasteiger partial charge in [0.1, 0.15) is 11.8 Å². The molecule has 1 N–H and O–H groups in total. The predicted octanol–water partition coefficient (Wildman–Crippen LogP) is 2.51. The van der Waals surface area contributed by atoms with E-state index in [2.05, 4.69) is 5.16 Å². The number of amides is 1. The maximum absolute atomic E-state index is 13.0. The second-order valence-corrected chi connectivity index (χ2v) is 6.70. The molecule has 6 nitrogen and oxygen atoms in total. The molecule has 1 aromatic carbocycles. The van der Waals surface area contributed by atoms with Gasteiger partial charge in [-0.25, -0.2) is 4.79 Å². The molecule has 2 heterocycles. The molecule has 2 atom stereocenters. The SMILES string of the molecule is Cc1noc(C)c1C[C@H](C)C(=O)N1Cc2ccccc2C[C@H]1C(=O)O. The smallest absolute Gasteiger partial charge is 0.326 e. The van der Waals surface area contributed by atoms with Gasteiger partial charge in [-0.2, -0.15) is 0 Å². The molecule has 0 fully saturated rings. The quantitative estimate of drug-likeness (QED) is 0.923. The molecule has 0 saturated carbocycles. The van der Waals surface area contributed by atoms with Crippen molar-refractivity contribution in [1.29, 1.82) is 0 Å². The highest BCUT2D eigenvalue weighted by Gasteiger charge is 2.36. The first-order valence-corrected chi connectivity index (χ1v) is 8.40. The van der Waals surface area contributed by atoms with Crippen molar-refractivity contribution in [2.75, 3.05) is 0 Å². The van der Waals surface area contributed by atoms with Gasteiger partial charge in [0.25, 0.3) is 0 Å². The number of hydrogen-bond donors (Lipinski definition) is 1. The highest BCUT2D eigenvalue weighted by molar-refractivity contribution is 5.86. The molecule has 0 aliphatic carbocycles. The van der Waals surface area contributed by atoms with Gasteiger partial charge in [0, 0.05) is 24.4 Å². The highest BCUT2D eigenvalue weighted by Crippen LogP contribution is 2.26. The van der Waals surface area contributed by atoms with E-state index in [4.69, 9.17) is 4.52 Å². The Bertz CT molecular complexity index is 792. The molecular formula is C19H22N2O4. The highest BCUT2D eigenvalue weighted by atomic mass is 16.5. The van der Waals surface area contributed by atoms with Gasteiger partial charge < -0.3 is 14.5 Å². The summed E-state index contributed by atoms with van der Waals surface area (Å²) in [5.74, 6) is -0.755. The lowest BCUT2D eigenvalue weighted by molar-refractivity contribution is -0.153. The van der Waals surface area contributed by atoms with Crippen molar-refractivity contribution >= 4 is 11.9 Å². The number of aromatic nitrogens is 1. The summed E-state index contributed by atoms with van der Waals surface area (Å²) in [7, 11) is 0. The molecule has 0 saturated heterocycles. The topological polar surface area (TPSA) is 83.6 Å². The monoisotopic (exact) mass is 342 g/mol. The first kappa shape index (κ1) is 17.2. The molecule has 1 aliphatic rings. The summed E-state index contributed by atoms with van der Waals surface area (Å²) in [6.07, 6.45) is 0.833. The van der Waals surface area contributed by atoms with Gasteiger partial charge in [0.05, 0.1) is 5.69 Å². The van der Waals surface area contributed by atoms with E-state index in [9.17, 15) is 14.7 Å². The summed E-state index contributed by atoms with van der Waals surface area (Å²) in [5, 5.41) is 13.5. The van der Waals surface area contributed by atoms with Gasteiger partial charge in [-0.15, -0.1) is 0 Å². The lowest BCUT2D eigenvalue weighted by Gasteiger charge is -2.36. The number of aliphatic carboxylic acids is 1. The summed E-state index contributed by atoms with van der Waals surface area (Å²) >= 11 is 0. The Kier molecular flexibility index (Phi) is 4.61. The van der Waals surface area contributed by atoms with Gasteiger partial charge in [-0.05, 0) is 31.4 Å². The van der Waals surface area contributed by atoms with Crippen molar-refractivity contribution < 1.29 is 19.2 Å². The van der Waals surface area contributed by atoms with Crippen LogP contribution in [-0.4, -0.2) is 33.1 Å². The molecular weight excluding hydrogens is 320 g/mol. The number of carboxylic acid groups (broad SMARTS) is 1. The summed E-state index contributed by atoms with van der Waals surface area (Å²) in [4.78, 5) is 26.2. The van der Waals surface area contributed by atoms with Gasteiger partial charge in [-0.1, -0.05) is 36.3 Å². The molecule has 3 rings (SSSR count). The van der Waals surface area contributed by atoms with E-state index in [1.807, 2.05) is 45.0 Å². The molecule has 0 spiro atoms. The van der Waals surface area contributed by atoms with Crippen LogP contribution in [0, 0.1) is 19.8 Å². The van der Waals surface area contributed by atoms with E-state index in [0.717, 1.165) is 22.4 Å². The van der Waals surface area contributed by atoms with Crippen LogP contribution in [0.15, 0.2) is 28.8 Å². The van der Waals surface area contributed by atoms with Gasteiger partial charge >= 0.3 is 5.97 Å². The van der Waals surface area contributed by atoms with Crippen LogP contribution in [0.25, 0.3) is 0 Å². The average Bonchev–Trinajstić information content (AvgIpc) is 2.91. The van der Waals surface area contributed by atoms with Crippen LogP contribution in [0.3, 0.4) is 0 Å². The Labute approximate surface area is 146 Å². The van der Waals surface area contributed by atoms with E-state index in [1.54, 1.807) is 0 Å². The van der Waals surface area contributed by atoms with Crippen molar-refractivity contribution in [1.82, 2.24) is 10.1 Å². The lowest BCUT2D eigenvalue weighted by Crippen LogP contribution is -2.50. The van der Waals surface area contributed by atoms with E-state index >= 15 is 0 Å². The zero-order valence-electron chi connectivity index (χ0n) is 14.7. The minimum Gasteiger partial charge on any atom is -0.480 e. The summed E-state index contributed by atoms with van der Waals surface area (Å²) < 4.78 is 5.16. The molecule has 0 radical (unpaired) electrons. The van der Waals surface area contributed by atoms with Crippen molar-refractivity contribution in [2.24, 2.45) is 5.92 Å². The standard InChI is InChI=1S/C19H22N2O4/c1-11(8-16-12(2)20-25-13(16)3)18(22)21-10-15-7-5-4-6-14(15)9-17(21)19(23)24/h4-7,11,17H,8-10H2,1-3H3,(H,23,24)/t11-,17-/m0/s1. The molecule has 2 aromatic rings. The third-order valence-corrected chi connectivity index (χ3v) is 4.93. The van der Waals surface area contributed by atoms with Crippen molar-refractivity contribution in [3.8, 4) is 0 Å². The fraction of sp³-hybridized carbons (Fsp3) is 0.421. The predicted molar refractivity (Wildman–Crippen MR) is 91.0 cm³/mol. The lowest BCUT2D eigenvalue weighted by atomic mass is 9.91. The molecule has 0 unspecified atom stereocenters. The Balaban J connectivity index is 1.83. The van der Waals surface area contributed by atoms with Crippen LogP contribution < -0.4 is 0 Å². The third-order valence-electron chi connectivity index (χ3n) is 4.93. The van der Waals surface area contributed by atoms with E-state index in [0.29, 0.717) is 25.1 Å². The first-order valence-electron chi connectivity index (χ1n) is 8.40. The van der Waals surface area contributed by atoms with Gasteiger partial charge in [-0.3, -0.25) is 4.79 Å². The van der Waals surface area contributed by atoms with Gasteiger partial charge in [0.15, 0.2) is 0 Å². The molecule has 1 aromatic heterocycles. The Morgan fingerprint density at radius 2 is 2.00 bits per heavy atom. The largest absolute Gasteiger partial charge is 0.480 e. The average molecular weight is 342 g/mol. The zero-order valence-corrected chi connectivity index (χ0v) is 14.7. The zero-order chi connectivity index (χ0) is 18.1. The van der Waals surface area contributed by atoms with Crippen molar-refractivity contribution in [2.45, 2.75) is 46.2 Å². The van der Waals surface area contributed by atoms with Crippen LogP contribution in [0.1, 0.15) is 35.1 Å². The van der Waals surface area contributed by atoms with Crippen molar-refractivity contribution in [3.05, 3.63) is 52.4 Å². The fourth-order valence-corrected chi connectivity index (χ4v) is 3.45. The number of carboxylic acids is 1. The molecule has 25 heavy (non-hydrogen) atoms. The minimum absolute atomic E-state index is 0.151. The van der Waals surface area contributed by atoms with E-state index < -0.39 is 12.0 Å². The normalized spacial score (nSPS) is 17.9. The van der Waals surface area contributed by atoms with Crippen LogP contribution >= 0.6 is 0 Å². The van der Waals surface area contributed by atoms with E-state index in [1.165, 1.54) is 4.90 Å². The van der Waals surface area contributed by atoms with Crippen LogP contribution in [0.4, 0.5) is 0 Å². The Hall–Kier alpha value is -2.63. The summed E-state index contributed by atoms with van der Waals surface area (Å²) in [6.45, 7) is 5.83. The van der Waals surface area contributed by atoms with Crippen LogP contribution in [-0.2, 0) is 29.0 Å². The first-order chi connectivity index (χ1) is 11.9. The number of nitrogens with zero attached hydrogens (tertiary/aromatic N) is 2. The molecule has 6 heteroatoms. The Morgan fingerprint density at radius 1 is 1.32 bits per heavy atom. The number of aryl methyl sites for hydroxylation is 2. The summed E-state index contributed by atoms with van der Waals surface area (Å²) in [6, 6.07) is 6.87. The third kappa shape index (κ3) is 3.29. The molecule has 1 aliphatic heterocycles. The maximum Gasteiger partial charge on any atom is 0.326 e. The molecule has 132 valence electrons. The number of hydrogen-bond acceptors (Lipinski definition) is 4. The number of fused-ring (bicyclic) bond motifs is 1. The van der Waals surface area contributed by atoms with E-state index in [-0.39, 0.29) is 11.8 Å². The number of carbonyl (C=O) groups excluding carboxylic acids is 1. The number of benzene rings is 1. The number of carbonyl (C=O) groups is 2. The molecule has 1 amide bonds. The number of rotatable bonds is 4. The fourth-order valence-electron chi connectivity index (χ4n) is 3.45. The van der Waals surface area contributed by atoms with Crippen molar-refractivity contribution in [3.63, 3.8) is 0 Å². The maximum atomic E-state index is 13.0. The second kappa shape index (κ2) is 6.70. The minimum atomic E-state index is -0.965. The van der Waals surface area contributed by atoms with Gasteiger partial charge in [0.2, 0.25) is 5.91 Å². The van der Waals surface area contributed by atoms with Crippen LogP contribution in [0.5, 0.6) is 0 Å². The summed E-state index contributed by atoms with van der Waals surface area (Å²) in [5.41, 5.74) is 3.70. The Morgan fingerprint density at radius 3 is 2.60 bits per heavy atom. The second-order valence-electron chi connectivity index (χ2n) is 6.70. The molecule has 0 bridgehead atoms. The van der Waals surface area contributed by atoms with Crippen LogP contribution in [0.2, 0.25) is 0 Å².